The number of rotatable bonds is 3. The monoisotopic (exact) mass is 238 g/mol. The Morgan fingerprint density at radius 3 is 2.47 bits per heavy atom. The number of benzene rings is 1. The fourth-order valence-corrected chi connectivity index (χ4v) is 1.87. The number of carbonyl (C=O) groups excluding carboxylic acids is 1. The number of ether oxygens (including phenoxy) is 1. The zero-order valence-electron chi connectivity index (χ0n) is 9.20. The van der Waals surface area contributed by atoms with Crippen molar-refractivity contribution in [2.75, 3.05) is 7.11 Å². The molecule has 1 aliphatic carbocycles. The molecule has 2 rings (SSSR count). The molecule has 0 atom stereocenters. The number of hydrogen-bond acceptors (Lipinski definition) is 3. The van der Waals surface area contributed by atoms with E-state index in [1.807, 2.05) is 0 Å². The van der Waals surface area contributed by atoms with Gasteiger partial charge in [0.15, 0.2) is 0 Å². The summed E-state index contributed by atoms with van der Waals surface area (Å²) in [4.78, 5) is 22.2. The van der Waals surface area contributed by atoms with Crippen LogP contribution in [0.3, 0.4) is 0 Å². The Bertz CT molecular complexity index is 491. The highest BCUT2D eigenvalue weighted by Crippen LogP contribution is 2.49. The molecule has 1 aromatic carbocycles. The van der Waals surface area contributed by atoms with Crippen molar-refractivity contribution in [1.29, 1.82) is 0 Å². The number of halogens is 1. The van der Waals surface area contributed by atoms with Gasteiger partial charge in [-0.3, -0.25) is 4.79 Å². The summed E-state index contributed by atoms with van der Waals surface area (Å²) in [6, 6.07) is 3.75. The highest BCUT2D eigenvalue weighted by molar-refractivity contribution is 5.90. The first-order valence-corrected chi connectivity index (χ1v) is 5.13. The second kappa shape index (κ2) is 3.84. The second-order valence-corrected chi connectivity index (χ2v) is 4.07. The van der Waals surface area contributed by atoms with Crippen molar-refractivity contribution in [2.45, 2.75) is 18.3 Å². The van der Waals surface area contributed by atoms with E-state index in [0.717, 1.165) is 6.07 Å². The number of esters is 1. The molecular weight excluding hydrogens is 227 g/mol. The van der Waals surface area contributed by atoms with E-state index in [9.17, 15) is 14.0 Å². The Hall–Kier alpha value is -1.91. The van der Waals surface area contributed by atoms with Gasteiger partial charge in [-0.05, 0) is 25.0 Å². The van der Waals surface area contributed by atoms with Gasteiger partial charge in [-0.1, -0.05) is 6.07 Å². The molecule has 90 valence electrons. The standard InChI is InChI=1S/C12H11FO4/c1-17-10(14)7-2-3-8(9(13)6-7)12(4-5-12)11(15)16/h2-3,6H,4-5H2,1H3,(H,15,16). The van der Waals surface area contributed by atoms with E-state index in [-0.39, 0.29) is 11.1 Å². The van der Waals surface area contributed by atoms with Gasteiger partial charge in [0.25, 0.3) is 0 Å². The zero-order chi connectivity index (χ0) is 12.6. The van der Waals surface area contributed by atoms with Crippen LogP contribution in [0.4, 0.5) is 4.39 Å². The van der Waals surface area contributed by atoms with E-state index in [0.29, 0.717) is 12.8 Å². The Balaban J connectivity index is 2.39. The van der Waals surface area contributed by atoms with Gasteiger partial charge < -0.3 is 9.84 Å². The van der Waals surface area contributed by atoms with Gasteiger partial charge in [-0.25, -0.2) is 9.18 Å². The minimum Gasteiger partial charge on any atom is -0.481 e. The van der Waals surface area contributed by atoms with E-state index in [1.54, 1.807) is 0 Å². The number of aliphatic carboxylic acids is 1. The molecule has 0 spiro atoms. The second-order valence-electron chi connectivity index (χ2n) is 4.07. The average Bonchev–Trinajstić information content (AvgIpc) is 3.09. The van der Waals surface area contributed by atoms with Gasteiger partial charge in [0.2, 0.25) is 0 Å². The van der Waals surface area contributed by atoms with E-state index in [4.69, 9.17) is 5.11 Å². The maximum atomic E-state index is 13.8. The summed E-state index contributed by atoms with van der Waals surface area (Å²) in [6.45, 7) is 0. The lowest BCUT2D eigenvalue weighted by molar-refractivity contribution is -0.140. The summed E-state index contributed by atoms with van der Waals surface area (Å²) in [5, 5.41) is 9.05. The molecule has 1 fully saturated rings. The summed E-state index contributed by atoms with van der Waals surface area (Å²) in [7, 11) is 1.20. The van der Waals surface area contributed by atoms with Crippen molar-refractivity contribution in [1.82, 2.24) is 0 Å². The normalized spacial score (nSPS) is 16.4. The predicted molar refractivity (Wildman–Crippen MR) is 56.3 cm³/mol. The Kier molecular flexibility index (Phi) is 2.61. The van der Waals surface area contributed by atoms with Crippen molar-refractivity contribution in [2.24, 2.45) is 0 Å². The molecule has 4 nitrogen and oxygen atoms in total. The van der Waals surface area contributed by atoms with Crippen LogP contribution in [0.15, 0.2) is 18.2 Å². The van der Waals surface area contributed by atoms with Gasteiger partial charge in [0.1, 0.15) is 5.82 Å². The molecular formula is C12H11FO4. The van der Waals surface area contributed by atoms with Crippen molar-refractivity contribution in [3.05, 3.63) is 35.1 Å². The molecule has 0 unspecified atom stereocenters. The summed E-state index contributed by atoms with van der Waals surface area (Å²) in [5.74, 6) is -2.34. The van der Waals surface area contributed by atoms with Crippen LogP contribution in [0.2, 0.25) is 0 Å². The third-order valence-electron chi connectivity index (χ3n) is 3.07. The fourth-order valence-electron chi connectivity index (χ4n) is 1.87. The first-order valence-electron chi connectivity index (χ1n) is 5.13. The van der Waals surface area contributed by atoms with Crippen molar-refractivity contribution in [3.8, 4) is 0 Å². The molecule has 0 saturated heterocycles. The molecule has 0 heterocycles. The number of carboxylic acids is 1. The van der Waals surface area contributed by atoms with Gasteiger partial charge in [0, 0.05) is 5.56 Å². The van der Waals surface area contributed by atoms with Crippen molar-refractivity contribution >= 4 is 11.9 Å². The lowest BCUT2D eigenvalue weighted by Crippen LogP contribution is -2.21. The maximum Gasteiger partial charge on any atom is 0.337 e. The molecule has 1 N–H and O–H groups in total. The molecule has 0 bridgehead atoms. The minimum atomic E-state index is -1.10. The van der Waals surface area contributed by atoms with Crippen LogP contribution in [0.1, 0.15) is 28.8 Å². The molecule has 0 aromatic heterocycles. The van der Waals surface area contributed by atoms with Crippen molar-refractivity contribution < 1.29 is 23.8 Å². The van der Waals surface area contributed by atoms with E-state index in [2.05, 4.69) is 4.74 Å². The first kappa shape index (κ1) is 11.6. The van der Waals surface area contributed by atoms with Crippen LogP contribution in [0, 0.1) is 5.82 Å². The average molecular weight is 238 g/mol. The number of carboxylic acid groups (broad SMARTS) is 1. The third-order valence-corrected chi connectivity index (χ3v) is 3.07. The van der Waals surface area contributed by atoms with Crippen LogP contribution in [-0.2, 0) is 14.9 Å². The quantitative estimate of drug-likeness (QED) is 0.814. The fraction of sp³-hybridized carbons (Fsp3) is 0.333. The molecule has 5 heteroatoms. The maximum absolute atomic E-state index is 13.8. The smallest absolute Gasteiger partial charge is 0.337 e. The molecule has 0 amide bonds. The minimum absolute atomic E-state index is 0.0786. The highest BCUT2D eigenvalue weighted by atomic mass is 19.1. The zero-order valence-corrected chi connectivity index (χ0v) is 9.20. The number of methoxy groups -OCH3 is 1. The third kappa shape index (κ3) is 1.77. The summed E-state index contributed by atoms with van der Waals surface area (Å²) >= 11 is 0. The molecule has 1 aromatic rings. The molecule has 0 aliphatic heterocycles. The Morgan fingerprint density at radius 1 is 1.41 bits per heavy atom. The number of hydrogen-bond donors (Lipinski definition) is 1. The largest absolute Gasteiger partial charge is 0.481 e. The van der Waals surface area contributed by atoms with Crippen molar-refractivity contribution in [3.63, 3.8) is 0 Å². The van der Waals surface area contributed by atoms with Gasteiger partial charge in [-0.2, -0.15) is 0 Å². The highest BCUT2D eigenvalue weighted by Gasteiger charge is 2.53. The topological polar surface area (TPSA) is 63.6 Å². The Labute approximate surface area is 97.0 Å². The van der Waals surface area contributed by atoms with Crippen LogP contribution in [-0.4, -0.2) is 24.2 Å². The summed E-state index contributed by atoms with van der Waals surface area (Å²) < 4.78 is 18.2. The van der Waals surface area contributed by atoms with E-state index >= 15 is 0 Å². The van der Waals surface area contributed by atoms with E-state index in [1.165, 1.54) is 19.2 Å². The van der Waals surface area contributed by atoms with Crippen LogP contribution < -0.4 is 0 Å². The summed E-state index contributed by atoms with van der Waals surface area (Å²) in [6.07, 6.45) is 0.855. The van der Waals surface area contributed by atoms with Crippen LogP contribution in [0.5, 0.6) is 0 Å². The lowest BCUT2D eigenvalue weighted by atomic mass is 9.94. The van der Waals surface area contributed by atoms with Gasteiger partial charge in [-0.15, -0.1) is 0 Å². The van der Waals surface area contributed by atoms with Gasteiger partial charge in [0.05, 0.1) is 18.1 Å². The molecule has 1 aliphatic rings. The predicted octanol–water partition coefficient (Wildman–Crippen LogP) is 1.73. The molecule has 17 heavy (non-hydrogen) atoms. The van der Waals surface area contributed by atoms with Crippen LogP contribution >= 0.6 is 0 Å². The lowest BCUT2D eigenvalue weighted by Gasteiger charge is -2.11. The molecule has 0 radical (unpaired) electrons. The van der Waals surface area contributed by atoms with E-state index < -0.39 is 23.2 Å². The Morgan fingerprint density at radius 2 is 2.06 bits per heavy atom. The SMILES string of the molecule is COC(=O)c1ccc(C2(C(=O)O)CC2)c(F)c1. The number of carbonyl (C=O) groups is 2. The molecule has 1 saturated carbocycles. The summed E-state index contributed by atoms with van der Waals surface area (Å²) in [5.41, 5.74) is -0.883. The van der Waals surface area contributed by atoms with Crippen LogP contribution in [0.25, 0.3) is 0 Å². The van der Waals surface area contributed by atoms with Gasteiger partial charge >= 0.3 is 11.9 Å². The first-order chi connectivity index (χ1) is 8.01.